The first-order chi connectivity index (χ1) is 26.2. The van der Waals surface area contributed by atoms with Crippen LogP contribution in [0.3, 0.4) is 0 Å². The Morgan fingerprint density at radius 1 is 1.00 bits per heavy atom. The van der Waals surface area contributed by atoms with Gasteiger partial charge in [0.25, 0.3) is 15.6 Å². The Hall–Kier alpha value is -5.29. The minimum absolute atomic E-state index is 0.0288. The molecular formula is C38H42F3N7O6S. The van der Waals surface area contributed by atoms with E-state index in [2.05, 4.69) is 15.0 Å². The number of amides is 1. The third-order valence-electron chi connectivity index (χ3n) is 9.62. The molecule has 55 heavy (non-hydrogen) atoms. The van der Waals surface area contributed by atoms with Crippen molar-refractivity contribution in [1.82, 2.24) is 29.4 Å². The van der Waals surface area contributed by atoms with Gasteiger partial charge in [-0.1, -0.05) is 54.9 Å². The van der Waals surface area contributed by atoms with E-state index in [0.717, 1.165) is 23.6 Å². The minimum Gasteiger partial charge on any atom is -0.378 e. The van der Waals surface area contributed by atoms with Gasteiger partial charge >= 0.3 is 6.18 Å². The zero-order valence-corrected chi connectivity index (χ0v) is 31.8. The lowest BCUT2D eigenvalue weighted by molar-refractivity contribution is -0.141. The first kappa shape index (κ1) is 39.4. The highest BCUT2D eigenvalue weighted by atomic mass is 32.2. The molecule has 0 bridgehead atoms. The molecule has 2 aromatic carbocycles. The van der Waals surface area contributed by atoms with E-state index in [-0.39, 0.29) is 52.8 Å². The van der Waals surface area contributed by atoms with Crippen LogP contribution in [0.4, 0.5) is 19.0 Å². The first-order valence-corrected chi connectivity index (χ1v) is 19.4. The number of aryl methyl sites for hydroxylation is 3. The second-order valence-electron chi connectivity index (χ2n) is 13.5. The average molecular weight is 782 g/mol. The predicted molar refractivity (Wildman–Crippen MR) is 197 cm³/mol. The van der Waals surface area contributed by atoms with Gasteiger partial charge in [0.05, 0.1) is 37.6 Å². The SMILES string of the molecule is CCCCc1nc(C)c(CC(=O)N2CCOCC2)c(=O)n1Cc1ccc(-c2ccccc2S(=O)(=O)Nc2noc(C)c2C)c(Cn2ccc(C(F)(F)F)n2)c1. The number of nitrogens with one attached hydrogen (secondary N) is 1. The summed E-state index contributed by atoms with van der Waals surface area (Å²) in [6.45, 7) is 8.66. The zero-order chi connectivity index (χ0) is 39.5. The molecule has 5 aromatic rings. The summed E-state index contributed by atoms with van der Waals surface area (Å²) in [5.74, 6) is 0.818. The van der Waals surface area contributed by atoms with Crippen molar-refractivity contribution in [1.29, 1.82) is 0 Å². The van der Waals surface area contributed by atoms with E-state index in [1.54, 1.807) is 66.6 Å². The number of carbonyl (C=O) groups is 1. The molecule has 17 heteroatoms. The van der Waals surface area contributed by atoms with Crippen LogP contribution in [-0.2, 0) is 51.7 Å². The van der Waals surface area contributed by atoms with Crippen LogP contribution in [0.2, 0.25) is 0 Å². The van der Waals surface area contributed by atoms with Gasteiger partial charge in [-0.3, -0.25) is 23.6 Å². The van der Waals surface area contributed by atoms with E-state index in [1.807, 2.05) is 6.92 Å². The molecule has 0 atom stereocenters. The zero-order valence-electron chi connectivity index (χ0n) is 30.9. The first-order valence-electron chi connectivity index (χ1n) is 17.9. The Morgan fingerprint density at radius 2 is 1.75 bits per heavy atom. The topological polar surface area (TPSA) is 154 Å². The molecule has 1 saturated heterocycles. The Balaban J connectivity index is 1.43. The van der Waals surface area contributed by atoms with Crippen molar-refractivity contribution in [3.63, 3.8) is 0 Å². The van der Waals surface area contributed by atoms with Crippen molar-refractivity contribution in [2.75, 3.05) is 31.0 Å². The van der Waals surface area contributed by atoms with E-state index < -0.39 is 21.9 Å². The molecule has 3 aromatic heterocycles. The normalized spacial score (nSPS) is 13.7. The summed E-state index contributed by atoms with van der Waals surface area (Å²) in [5.41, 5.74) is 1.58. The highest BCUT2D eigenvalue weighted by Crippen LogP contribution is 2.34. The number of halogens is 3. The van der Waals surface area contributed by atoms with Gasteiger partial charge in [-0.15, -0.1) is 0 Å². The number of rotatable bonds is 13. The van der Waals surface area contributed by atoms with E-state index in [1.165, 1.54) is 12.3 Å². The fraction of sp³-hybridized carbons (Fsp3) is 0.395. The lowest BCUT2D eigenvalue weighted by Crippen LogP contribution is -2.42. The van der Waals surface area contributed by atoms with Crippen LogP contribution in [0.1, 0.15) is 65.0 Å². The molecule has 4 heterocycles. The maximum Gasteiger partial charge on any atom is 0.435 e. The number of benzene rings is 2. The second-order valence-corrected chi connectivity index (χ2v) is 15.1. The summed E-state index contributed by atoms with van der Waals surface area (Å²) in [5, 5.41) is 7.58. The molecule has 292 valence electrons. The predicted octanol–water partition coefficient (Wildman–Crippen LogP) is 5.68. The van der Waals surface area contributed by atoms with Gasteiger partial charge in [0.2, 0.25) is 5.91 Å². The van der Waals surface area contributed by atoms with Gasteiger partial charge in [0.1, 0.15) is 11.6 Å². The molecule has 0 radical (unpaired) electrons. The fourth-order valence-electron chi connectivity index (χ4n) is 6.44. The number of ether oxygens (including phenoxy) is 1. The molecule has 0 aliphatic carbocycles. The van der Waals surface area contributed by atoms with Gasteiger partial charge in [-0.25, -0.2) is 13.4 Å². The third-order valence-corrected chi connectivity index (χ3v) is 11.0. The summed E-state index contributed by atoms with van der Waals surface area (Å²) >= 11 is 0. The second kappa shape index (κ2) is 16.2. The lowest BCUT2D eigenvalue weighted by Gasteiger charge is -2.27. The van der Waals surface area contributed by atoms with Crippen molar-refractivity contribution in [3.05, 3.63) is 110 Å². The van der Waals surface area contributed by atoms with Crippen LogP contribution in [0.5, 0.6) is 0 Å². The van der Waals surface area contributed by atoms with E-state index >= 15 is 0 Å². The van der Waals surface area contributed by atoms with Crippen LogP contribution < -0.4 is 10.3 Å². The monoisotopic (exact) mass is 781 g/mol. The van der Waals surface area contributed by atoms with Crippen molar-refractivity contribution in [3.8, 4) is 11.1 Å². The van der Waals surface area contributed by atoms with Crippen molar-refractivity contribution in [2.24, 2.45) is 0 Å². The summed E-state index contributed by atoms with van der Waals surface area (Å²) < 4.78 is 84.0. The van der Waals surface area contributed by atoms with E-state index in [0.29, 0.717) is 72.3 Å². The standard InChI is InChI=1S/C38H42F3N7O6S/c1-5-6-11-34-42-25(3)31(21-35(49)46-16-18-53-19-17-46)37(50)48(34)22-27-12-13-29(28(20-27)23-47-15-14-33(43-47)38(39,40)41)30-9-7-8-10-32(30)55(51,52)45-36-24(2)26(4)54-44-36/h7-10,12-15,20H,5-6,11,16-19,21-23H2,1-4H3,(H,44,45). The van der Waals surface area contributed by atoms with Crippen LogP contribution in [0, 0.1) is 20.8 Å². The van der Waals surface area contributed by atoms with Gasteiger partial charge in [-0.05, 0) is 56.0 Å². The third kappa shape index (κ3) is 8.83. The molecule has 0 saturated carbocycles. The number of hydrogen-bond donors (Lipinski definition) is 1. The number of unbranched alkanes of at least 4 members (excludes halogenated alkanes) is 1. The number of sulfonamides is 1. The molecule has 0 spiro atoms. The van der Waals surface area contributed by atoms with Crippen LogP contribution in [0.25, 0.3) is 11.1 Å². The van der Waals surface area contributed by atoms with E-state index in [9.17, 15) is 31.2 Å². The quantitative estimate of drug-likeness (QED) is 0.159. The van der Waals surface area contributed by atoms with Crippen molar-refractivity contribution < 1.29 is 35.6 Å². The smallest absolute Gasteiger partial charge is 0.378 e. The largest absolute Gasteiger partial charge is 0.435 e. The molecule has 6 rings (SSSR count). The summed E-state index contributed by atoms with van der Waals surface area (Å²) in [6.07, 6.45) is -1.48. The Bertz CT molecular complexity index is 2360. The molecule has 1 N–H and O–H groups in total. The number of nitrogens with zero attached hydrogens (tertiary/aromatic N) is 6. The lowest BCUT2D eigenvalue weighted by atomic mass is 9.97. The van der Waals surface area contributed by atoms with Gasteiger partial charge < -0.3 is 14.2 Å². The van der Waals surface area contributed by atoms with Crippen LogP contribution in [-0.4, -0.2) is 70.0 Å². The summed E-state index contributed by atoms with van der Waals surface area (Å²) in [4.78, 5) is 33.8. The molecule has 0 unspecified atom stereocenters. The number of hydrogen-bond acceptors (Lipinski definition) is 9. The molecule has 13 nitrogen and oxygen atoms in total. The molecule has 1 aliphatic heterocycles. The number of morpholine rings is 1. The fourth-order valence-corrected chi connectivity index (χ4v) is 7.72. The number of aromatic nitrogens is 5. The Kier molecular flexibility index (Phi) is 11.6. The maximum absolute atomic E-state index is 14.2. The van der Waals surface area contributed by atoms with Crippen LogP contribution >= 0.6 is 0 Å². The summed E-state index contributed by atoms with van der Waals surface area (Å²) in [7, 11) is -4.25. The van der Waals surface area contributed by atoms with Crippen LogP contribution in [0.15, 0.2) is 68.9 Å². The Morgan fingerprint density at radius 3 is 2.42 bits per heavy atom. The van der Waals surface area contributed by atoms with Gasteiger partial charge in [0.15, 0.2) is 11.5 Å². The number of carbonyl (C=O) groups excluding carboxylic acids is 1. The molecule has 1 amide bonds. The minimum atomic E-state index is -4.67. The highest BCUT2D eigenvalue weighted by molar-refractivity contribution is 7.92. The molecular weight excluding hydrogens is 740 g/mol. The van der Waals surface area contributed by atoms with Crippen molar-refractivity contribution >= 4 is 21.7 Å². The average Bonchev–Trinajstić information content (AvgIpc) is 3.76. The number of anilines is 1. The van der Waals surface area contributed by atoms with E-state index in [4.69, 9.17) is 14.2 Å². The maximum atomic E-state index is 14.2. The summed E-state index contributed by atoms with van der Waals surface area (Å²) in [6, 6.07) is 12.2. The highest BCUT2D eigenvalue weighted by Gasteiger charge is 2.34. The molecule has 1 aliphatic rings. The molecule has 1 fully saturated rings. The number of alkyl halides is 3. The van der Waals surface area contributed by atoms with Gasteiger partial charge in [-0.2, -0.15) is 18.3 Å². The van der Waals surface area contributed by atoms with Crippen molar-refractivity contribution in [2.45, 2.75) is 77.5 Å². The van der Waals surface area contributed by atoms with Gasteiger partial charge in [0, 0.05) is 48.1 Å². The Labute approximate surface area is 316 Å².